The molecule has 0 bridgehead atoms. The fourth-order valence-corrected chi connectivity index (χ4v) is 1.81. The number of halogens is 1. The molecule has 0 spiro atoms. The molecule has 2 aromatic carbocycles. The lowest BCUT2D eigenvalue weighted by molar-refractivity contribution is 0.102. The van der Waals surface area contributed by atoms with Crippen LogP contribution in [0.15, 0.2) is 48.5 Å². The molecule has 0 saturated heterocycles. The Morgan fingerprint density at radius 2 is 1.67 bits per heavy atom. The third kappa shape index (κ3) is 3.97. The molecule has 0 saturated carbocycles. The molecule has 2 N–H and O–H groups in total. The van der Waals surface area contributed by atoms with Crippen molar-refractivity contribution in [2.45, 2.75) is 0 Å². The van der Waals surface area contributed by atoms with E-state index in [-0.39, 0.29) is 5.91 Å². The summed E-state index contributed by atoms with van der Waals surface area (Å²) in [6.07, 6.45) is -0.637. The number of para-hydroxylation sites is 1. The molecule has 5 nitrogen and oxygen atoms in total. The number of rotatable bonds is 3. The molecule has 2 aromatic rings. The van der Waals surface area contributed by atoms with Gasteiger partial charge in [-0.25, -0.2) is 4.79 Å². The van der Waals surface area contributed by atoms with Crippen LogP contribution in [0.4, 0.5) is 16.2 Å². The van der Waals surface area contributed by atoms with Crippen molar-refractivity contribution in [3.05, 3.63) is 59.1 Å². The summed E-state index contributed by atoms with van der Waals surface area (Å²) in [6.45, 7) is 0. The van der Waals surface area contributed by atoms with E-state index in [9.17, 15) is 9.59 Å². The Hall–Kier alpha value is -2.53. The molecule has 0 heterocycles. The third-order valence-corrected chi connectivity index (χ3v) is 2.95. The monoisotopic (exact) mass is 304 g/mol. The van der Waals surface area contributed by atoms with Gasteiger partial charge in [-0.2, -0.15) is 0 Å². The minimum absolute atomic E-state index is 0.331. The smallest absolute Gasteiger partial charge is 0.411 e. The molecule has 0 aliphatic heterocycles. The zero-order valence-electron chi connectivity index (χ0n) is 11.2. The van der Waals surface area contributed by atoms with Crippen LogP contribution in [0.25, 0.3) is 0 Å². The Kier molecular flexibility index (Phi) is 4.79. The quantitative estimate of drug-likeness (QED) is 0.907. The maximum absolute atomic E-state index is 12.3. The van der Waals surface area contributed by atoms with Gasteiger partial charge in [-0.3, -0.25) is 10.1 Å². The lowest BCUT2D eigenvalue weighted by atomic mass is 10.1. The average Bonchev–Trinajstić information content (AvgIpc) is 2.50. The van der Waals surface area contributed by atoms with Crippen LogP contribution in [0.2, 0.25) is 5.02 Å². The van der Waals surface area contributed by atoms with E-state index < -0.39 is 6.09 Å². The highest BCUT2D eigenvalue weighted by Crippen LogP contribution is 2.19. The molecule has 21 heavy (non-hydrogen) atoms. The fourth-order valence-electron chi connectivity index (χ4n) is 1.68. The highest BCUT2D eigenvalue weighted by atomic mass is 35.5. The first-order chi connectivity index (χ1) is 10.1. The zero-order valence-corrected chi connectivity index (χ0v) is 12.0. The number of hydrogen-bond acceptors (Lipinski definition) is 3. The van der Waals surface area contributed by atoms with Gasteiger partial charge in [0.05, 0.1) is 18.4 Å². The second-order valence-corrected chi connectivity index (χ2v) is 4.56. The minimum atomic E-state index is -0.637. The van der Waals surface area contributed by atoms with E-state index in [2.05, 4.69) is 15.4 Å². The number of amides is 2. The Bertz CT molecular complexity index is 656. The van der Waals surface area contributed by atoms with Crippen LogP contribution in [0.1, 0.15) is 10.4 Å². The topological polar surface area (TPSA) is 67.4 Å². The van der Waals surface area contributed by atoms with Gasteiger partial charge in [0, 0.05) is 10.7 Å². The number of carbonyl (C=O) groups excluding carboxylic acids is 2. The largest absolute Gasteiger partial charge is 0.453 e. The van der Waals surface area contributed by atoms with E-state index in [4.69, 9.17) is 11.6 Å². The van der Waals surface area contributed by atoms with Crippen molar-refractivity contribution in [3.63, 3.8) is 0 Å². The SMILES string of the molecule is COC(=O)Nc1ccccc1C(=O)Nc1ccc(Cl)cc1. The predicted octanol–water partition coefficient (Wildman–Crippen LogP) is 3.77. The summed E-state index contributed by atoms with van der Waals surface area (Å²) in [5.74, 6) is -0.343. The molecule has 0 radical (unpaired) electrons. The molecule has 0 aliphatic carbocycles. The molecule has 108 valence electrons. The summed E-state index contributed by atoms with van der Waals surface area (Å²) in [6, 6.07) is 13.4. The van der Waals surface area contributed by atoms with Gasteiger partial charge in [-0.05, 0) is 36.4 Å². The van der Waals surface area contributed by atoms with Gasteiger partial charge in [-0.15, -0.1) is 0 Å². The first-order valence-corrected chi connectivity index (χ1v) is 6.49. The van der Waals surface area contributed by atoms with Crippen LogP contribution in [-0.4, -0.2) is 19.1 Å². The Morgan fingerprint density at radius 1 is 1.00 bits per heavy atom. The number of anilines is 2. The Balaban J connectivity index is 2.18. The van der Waals surface area contributed by atoms with Crippen molar-refractivity contribution in [1.29, 1.82) is 0 Å². The summed E-state index contributed by atoms with van der Waals surface area (Å²) in [5, 5.41) is 5.80. The van der Waals surface area contributed by atoms with Crippen LogP contribution >= 0.6 is 11.6 Å². The fraction of sp³-hybridized carbons (Fsp3) is 0.0667. The van der Waals surface area contributed by atoms with E-state index in [1.165, 1.54) is 7.11 Å². The molecule has 0 aromatic heterocycles. The van der Waals surface area contributed by atoms with Crippen LogP contribution in [0, 0.1) is 0 Å². The van der Waals surface area contributed by atoms with Gasteiger partial charge in [0.1, 0.15) is 0 Å². The van der Waals surface area contributed by atoms with Gasteiger partial charge in [-0.1, -0.05) is 23.7 Å². The molecular formula is C15H13ClN2O3. The zero-order chi connectivity index (χ0) is 15.2. The number of nitrogens with one attached hydrogen (secondary N) is 2. The lowest BCUT2D eigenvalue weighted by Crippen LogP contribution is -2.17. The van der Waals surface area contributed by atoms with Crippen LogP contribution in [-0.2, 0) is 4.74 Å². The van der Waals surface area contributed by atoms with Crippen molar-refractivity contribution in [2.24, 2.45) is 0 Å². The van der Waals surface area contributed by atoms with E-state index >= 15 is 0 Å². The summed E-state index contributed by atoms with van der Waals surface area (Å²) in [4.78, 5) is 23.5. The van der Waals surface area contributed by atoms with Gasteiger partial charge in [0.15, 0.2) is 0 Å². The van der Waals surface area contributed by atoms with Crippen LogP contribution in [0.5, 0.6) is 0 Å². The van der Waals surface area contributed by atoms with Gasteiger partial charge in [0.2, 0.25) is 0 Å². The molecule has 6 heteroatoms. The van der Waals surface area contributed by atoms with Crippen molar-refractivity contribution in [3.8, 4) is 0 Å². The van der Waals surface area contributed by atoms with E-state index in [1.807, 2.05) is 0 Å². The Labute approximate surface area is 126 Å². The standard InChI is InChI=1S/C15H13ClN2O3/c1-21-15(20)18-13-5-3-2-4-12(13)14(19)17-11-8-6-10(16)7-9-11/h2-9H,1H3,(H,17,19)(H,18,20). The van der Waals surface area contributed by atoms with Crippen LogP contribution in [0.3, 0.4) is 0 Å². The highest BCUT2D eigenvalue weighted by molar-refractivity contribution is 6.30. The molecule has 0 aliphatic rings. The van der Waals surface area contributed by atoms with Crippen molar-refractivity contribution < 1.29 is 14.3 Å². The first kappa shape index (κ1) is 14.9. The lowest BCUT2D eigenvalue weighted by Gasteiger charge is -2.10. The summed E-state index contributed by atoms with van der Waals surface area (Å²) >= 11 is 5.79. The minimum Gasteiger partial charge on any atom is -0.453 e. The maximum Gasteiger partial charge on any atom is 0.411 e. The van der Waals surface area contributed by atoms with Crippen molar-refractivity contribution in [2.75, 3.05) is 17.7 Å². The van der Waals surface area contributed by atoms with Crippen molar-refractivity contribution in [1.82, 2.24) is 0 Å². The number of benzene rings is 2. The number of carbonyl (C=O) groups is 2. The van der Waals surface area contributed by atoms with Gasteiger partial charge < -0.3 is 10.1 Å². The summed E-state index contributed by atoms with van der Waals surface area (Å²) < 4.78 is 4.52. The number of methoxy groups -OCH3 is 1. The highest BCUT2D eigenvalue weighted by Gasteiger charge is 2.13. The Morgan fingerprint density at radius 3 is 2.33 bits per heavy atom. The second kappa shape index (κ2) is 6.76. The predicted molar refractivity (Wildman–Crippen MR) is 81.9 cm³/mol. The maximum atomic E-state index is 12.3. The van der Waals surface area contributed by atoms with E-state index in [0.29, 0.717) is 22.0 Å². The number of hydrogen-bond donors (Lipinski definition) is 2. The van der Waals surface area contributed by atoms with E-state index in [0.717, 1.165) is 0 Å². The molecule has 0 fully saturated rings. The molecule has 0 unspecified atom stereocenters. The summed E-state index contributed by atoms with van der Waals surface area (Å²) in [7, 11) is 1.26. The van der Waals surface area contributed by atoms with Crippen LogP contribution < -0.4 is 10.6 Å². The number of ether oxygens (including phenoxy) is 1. The average molecular weight is 305 g/mol. The van der Waals surface area contributed by atoms with Crippen molar-refractivity contribution >= 4 is 35.0 Å². The second-order valence-electron chi connectivity index (χ2n) is 4.12. The third-order valence-electron chi connectivity index (χ3n) is 2.70. The molecule has 2 rings (SSSR count). The van der Waals surface area contributed by atoms with E-state index in [1.54, 1.807) is 48.5 Å². The van der Waals surface area contributed by atoms with Gasteiger partial charge in [0.25, 0.3) is 5.91 Å². The summed E-state index contributed by atoms with van der Waals surface area (Å²) in [5.41, 5.74) is 1.31. The molecule has 0 atom stereocenters. The van der Waals surface area contributed by atoms with Gasteiger partial charge >= 0.3 is 6.09 Å². The normalized spacial score (nSPS) is 9.81. The molecular weight excluding hydrogens is 292 g/mol. The first-order valence-electron chi connectivity index (χ1n) is 6.11. The molecule has 2 amide bonds.